The molecule has 4 rings (SSSR count). The molecule has 0 aliphatic heterocycles. The predicted molar refractivity (Wildman–Crippen MR) is 115 cm³/mol. The van der Waals surface area contributed by atoms with E-state index >= 15 is 0 Å². The number of Topliss-reactive ketones (excluding diaryl/α,β-unsaturated/α-hetero) is 2. The number of hydrogen-bond acceptors (Lipinski definition) is 9. The molecule has 0 saturated heterocycles. The van der Waals surface area contributed by atoms with E-state index in [0.717, 1.165) is 5.56 Å². The molecule has 3 aliphatic carbocycles. The number of nitrogens with two attached hydrogens (primary N) is 1. The van der Waals surface area contributed by atoms with Gasteiger partial charge in [-0.3, -0.25) is 19.3 Å². The van der Waals surface area contributed by atoms with Crippen LogP contribution in [0.2, 0.25) is 0 Å². The number of nitrogens with zero attached hydrogens (tertiary/aromatic N) is 1. The van der Waals surface area contributed by atoms with E-state index in [9.17, 15) is 39.9 Å². The second-order valence-corrected chi connectivity index (χ2v) is 9.25. The third-order valence-corrected chi connectivity index (χ3v) is 7.31. The van der Waals surface area contributed by atoms with Gasteiger partial charge in [-0.15, -0.1) is 0 Å². The highest BCUT2D eigenvalue weighted by atomic mass is 16.4. The number of aliphatic hydroxyl groups is 4. The largest absolute Gasteiger partial charge is 0.508 e. The molecule has 0 heterocycles. The number of primary amides is 1. The summed E-state index contributed by atoms with van der Waals surface area (Å²) in [7, 11) is 2.93. The number of rotatable bonds is 2. The molecule has 1 saturated carbocycles. The Kier molecular flexibility index (Phi) is 4.97. The van der Waals surface area contributed by atoms with Crippen LogP contribution >= 0.6 is 0 Å². The fourth-order valence-corrected chi connectivity index (χ4v) is 5.56. The number of amides is 1. The smallest absolute Gasteiger partial charge is 0.255 e. The zero-order valence-corrected chi connectivity index (χ0v) is 18.6. The third kappa shape index (κ3) is 2.74. The van der Waals surface area contributed by atoms with E-state index < -0.39 is 69.7 Å². The number of aromatic hydroxyl groups is 1. The van der Waals surface area contributed by atoms with Gasteiger partial charge in [0.2, 0.25) is 5.78 Å². The highest BCUT2D eigenvalue weighted by Crippen LogP contribution is 2.53. The maximum atomic E-state index is 13.7. The molecule has 1 fully saturated rings. The number of aryl methyl sites for hydroxylation is 1. The van der Waals surface area contributed by atoms with Crippen molar-refractivity contribution in [1.29, 1.82) is 0 Å². The van der Waals surface area contributed by atoms with E-state index in [-0.39, 0.29) is 17.7 Å². The van der Waals surface area contributed by atoms with E-state index in [1.807, 2.05) is 0 Å². The van der Waals surface area contributed by atoms with Crippen molar-refractivity contribution in [3.8, 4) is 5.75 Å². The van der Waals surface area contributed by atoms with Crippen LogP contribution in [0.3, 0.4) is 0 Å². The highest BCUT2D eigenvalue weighted by Gasteiger charge is 2.67. The summed E-state index contributed by atoms with van der Waals surface area (Å²) in [6, 6.07) is 0.374. The number of fused-ring (bicyclic) bond motifs is 3. The van der Waals surface area contributed by atoms with Crippen molar-refractivity contribution in [2.75, 3.05) is 14.1 Å². The predicted octanol–water partition coefficient (Wildman–Crippen LogP) is -0.448. The van der Waals surface area contributed by atoms with Crippen LogP contribution in [0.5, 0.6) is 5.75 Å². The molecule has 0 radical (unpaired) electrons. The molecule has 33 heavy (non-hydrogen) atoms. The van der Waals surface area contributed by atoms with Crippen molar-refractivity contribution in [2.24, 2.45) is 17.6 Å². The number of hydrogen-bond donors (Lipinski definition) is 6. The highest BCUT2D eigenvalue weighted by molar-refractivity contribution is 6.24. The Morgan fingerprint density at radius 1 is 1.18 bits per heavy atom. The van der Waals surface area contributed by atoms with Crippen LogP contribution in [0.25, 0.3) is 5.76 Å². The second kappa shape index (κ2) is 7.14. The van der Waals surface area contributed by atoms with Crippen molar-refractivity contribution < 1.29 is 39.9 Å². The average Bonchev–Trinajstić information content (AvgIpc) is 2.71. The second-order valence-electron chi connectivity index (χ2n) is 9.25. The molecule has 10 nitrogen and oxygen atoms in total. The van der Waals surface area contributed by atoms with Gasteiger partial charge in [-0.25, -0.2) is 0 Å². The van der Waals surface area contributed by atoms with Gasteiger partial charge in [0.15, 0.2) is 11.4 Å². The molecule has 0 aromatic heterocycles. The molecule has 1 aromatic carbocycles. The topological polar surface area (TPSA) is 182 Å². The molecular formula is C23H26N2O8. The molecule has 1 aromatic rings. The first kappa shape index (κ1) is 23.0. The van der Waals surface area contributed by atoms with Crippen LogP contribution in [0.15, 0.2) is 23.0 Å². The summed E-state index contributed by atoms with van der Waals surface area (Å²) in [5.74, 6) is -8.13. The first-order chi connectivity index (χ1) is 15.3. The Labute approximate surface area is 189 Å². The van der Waals surface area contributed by atoms with Gasteiger partial charge in [0.25, 0.3) is 5.91 Å². The van der Waals surface area contributed by atoms with Crippen LogP contribution in [-0.4, -0.2) is 79.7 Å². The summed E-state index contributed by atoms with van der Waals surface area (Å²) in [4.78, 5) is 40.0. The van der Waals surface area contributed by atoms with E-state index in [4.69, 9.17) is 5.73 Å². The van der Waals surface area contributed by atoms with Gasteiger partial charge in [0, 0.05) is 11.5 Å². The minimum absolute atomic E-state index is 0.00147. The number of carbonyl (C=O) groups excluding carboxylic acids is 3. The number of phenolic OH excluding ortho intramolecular Hbond substituents is 1. The summed E-state index contributed by atoms with van der Waals surface area (Å²) < 4.78 is 0. The Balaban J connectivity index is 2.04. The van der Waals surface area contributed by atoms with Crippen molar-refractivity contribution in [3.05, 3.63) is 45.2 Å². The van der Waals surface area contributed by atoms with Gasteiger partial charge in [-0.05, 0) is 51.1 Å². The lowest BCUT2D eigenvalue weighted by Gasteiger charge is -2.52. The van der Waals surface area contributed by atoms with Crippen LogP contribution < -0.4 is 5.73 Å². The van der Waals surface area contributed by atoms with Crippen LogP contribution in [-0.2, 0) is 20.8 Å². The minimum atomic E-state index is -2.89. The first-order valence-corrected chi connectivity index (χ1v) is 10.4. The molecule has 0 unspecified atom stereocenters. The van der Waals surface area contributed by atoms with Gasteiger partial charge < -0.3 is 31.3 Å². The Bertz CT molecular complexity index is 1200. The number of phenols is 1. The zero-order valence-electron chi connectivity index (χ0n) is 18.6. The summed E-state index contributed by atoms with van der Waals surface area (Å²) in [6.45, 7) is 3.40. The van der Waals surface area contributed by atoms with Crippen molar-refractivity contribution in [1.82, 2.24) is 4.90 Å². The van der Waals surface area contributed by atoms with Gasteiger partial charge in [-0.1, -0.05) is 6.07 Å². The lowest BCUT2D eigenvalue weighted by atomic mass is 9.56. The standard InChI is InChI=1S/C23H26N2O8/c1-7-5-9-6-10-12(18(28)11(9)16(26)8(7)2)20(30)23(33)14(17(10)27)15(25(3)4)19(29)13(21(23)31)22(24)32/h5,10,14-15,17,26-28,31,33H,6H2,1-4H3,(H2,24,32)/t10-,14-,15+,17+,23+/m0/s1. The molecule has 7 N–H and O–H groups in total. The fourth-order valence-electron chi connectivity index (χ4n) is 5.56. The molecule has 3 aliphatic rings. The van der Waals surface area contributed by atoms with Gasteiger partial charge >= 0.3 is 0 Å². The normalized spacial score (nSPS) is 31.5. The SMILES string of the molecule is Cc1cc2c(c(O)c1C)C(O)=C1C(=O)[C@@]3(O)C(O)=C(C(N)=O)C(=O)[C@H](N(C)C)[C@H]3[C@H](O)[C@H]1C2. The van der Waals surface area contributed by atoms with Gasteiger partial charge in [0.05, 0.1) is 23.6 Å². The Morgan fingerprint density at radius 2 is 1.79 bits per heavy atom. The summed E-state index contributed by atoms with van der Waals surface area (Å²) in [5.41, 5.74) is 2.76. The Morgan fingerprint density at radius 3 is 2.33 bits per heavy atom. The zero-order chi connectivity index (χ0) is 24.7. The summed E-state index contributed by atoms with van der Waals surface area (Å²) in [5, 5.41) is 55.3. The average molecular weight is 458 g/mol. The van der Waals surface area contributed by atoms with E-state index in [1.165, 1.54) is 19.0 Å². The van der Waals surface area contributed by atoms with E-state index in [1.54, 1.807) is 19.9 Å². The lowest BCUT2D eigenvalue weighted by molar-refractivity contribution is -0.168. The quantitative estimate of drug-likeness (QED) is 0.320. The molecule has 176 valence electrons. The van der Waals surface area contributed by atoms with Gasteiger partial charge in [-0.2, -0.15) is 0 Å². The third-order valence-electron chi connectivity index (χ3n) is 7.31. The van der Waals surface area contributed by atoms with Crippen molar-refractivity contribution >= 4 is 23.2 Å². The molecule has 10 heteroatoms. The summed E-state index contributed by atoms with van der Waals surface area (Å²) in [6.07, 6.45) is -1.54. The number of carbonyl (C=O) groups is 3. The van der Waals surface area contributed by atoms with Gasteiger partial charge in [0.1, 0.15) is 22.8 Å². The molecule has 5 atom stereocenters. The maximum Gasteiger partial charge on any atom is 0.255 e. The number of aliphatic hydroxyl groups excluding tert-OH is 3. The number of benzene rings is 1. The van der Waals surface area contributed by atoms with Crippen LogP contribution in [0, 0.1) is 25.7 Å². The maximum absolute atomic E-state index is 13.7. The van der Waals surface area contributed by atoms with E-state index in [2.05, 4.69) is 0 Å². The van der Waals surface area contributed by atoms with Crippen LogP contribution in [0.1, 0.15) is 22.3 Å². The first-order valence-electron chi connectivity index (χ1n) is 10.4. The number of likely N-dealkylation sites (N-methyl/N-ethyl adjacent to an activating group) is 1. The lowest BCUT2D eigenvalue weighted by Crippen LogP contribution is -2.70. The van der Waals surface area contributed by atoms with Crippen molar-refractivity contribution in [2.45, 2.75) is 38.0 Å². The van der Waals surface area contributed by atoms with E-state index in [0.29, 0.717) is 11.1 Å². The Hall–Kier alpha value is -3.21. The molecule has 1 amide bonds. The summed E-state index contributed by atoms with van der Waals surface area (Å²) >= 11 is 0. The molecule has 0 spiro atoms. The molecule has 0 bridgehead atoms. The monoisotopic (exact) mass is 458 g/mol. The molecular weight excluding hydrogens is 432 g/mol. The fraction of sp³-hybridized carbons (Fsp3) is 0.435. The van der Waals surface area contributed by atoms with Crippen molar-refractivity contribution in [3.63, 3.8) is 0 Å². The van der Waals surface area contributed by atoms with Crippen LogP contribution in [0.4, 0.5) is 0 Å². The number of ketones is 2. The minimum Gasteiger partial charge on any atom is -0.508 e.